The number of amides is 1. The number of hydrogen-bond donors (Lipinski definition) is 4. The Balaban J connectivity index is 2.16. The van der Waals surface area contributed by atoms with Gasteiger partial charge in [0.15, 0.2) is 4.77 Å². The maximum atomic E-state index is 11.8. The number of H-pyrrole nitrogens is 2. The summed E-state index contributed by atoms with van der Waals surface area (Å²) in [6.45, 7) is 0. The highest BCUT2D eigenvalue weighted by molar-refractivity contribution is 7.71. The van der Waals surface area contributed by atoms with Crippen molar-refractivity contribution >= 4 is 30.0 Å². The van der Waals surface area contributed by atoms with E-state index in [-0.39, 0.29) is 21.6 Å². The van der Waals surface area contributed by atoms with Gasteiger partial charge in [0.2, 0.25) is 5.88 Å². The Morgan fingerprint density at radius 2 is 2.17 bits per heavy atom. The second kappa shape index (κ2) is 6.62. The first-order valence-electron chi connectivity index (χ1n) is 6.02. The van der Waals surface area contributed by atoms with E-state index < -0.39 is 22.3 Å². The van der Waals surface area contributed by atoms with Gasteiger partial charge in [0, 0.05) is 17.7 Å². The number of nitro groups is 1. The van der Waals surface area contributed by atoms with Crippen molar-refractivity contribution in [3.8, 4) is 5.88 Å². The largest absolute Gasteiger partial charge is 0.494 e. The van der Waals surface area contributed by atoms with Gasteiger partial charge < -0.3 is 10.1 Å². The molecule has 0 aliphatic rings. The number of nitrogens with one attached hydrogen (secondary N) is 3. The van der Waals surface area contributed by atoms with Gasteiger partial charge in [0.05, 0.1) is 11.1 Å². The Hall–Kier alpha value is -3.34. The van der Waals surface area contributed by atoms with Crippen molar-refractivity contribution in [3.05, 3.63) is 60.6 Å². The van der Waals surface area contributed by atoms with Crippen LogP contribution in [0, 0.1) is 14.9 Å². The summed E-state index contributed by atoms with van der Waals surface area (Å²) in [6, 6.07) is 5.03. The van der Waals surface area contributed by atoms with Gasteiger partial charge in [-0.3, -0.25) is 24.7 Å². The summed E-state index contributed by atoms with van der Waals surface area (Å²) in [4.78, 5) is 37.9. The molecule has 0 aliphatic heterocycles. The van der Waals surface area contributed by atoms with Gasteiger partial charge in [0.1, 0.15) is 5.56 Å². The number of aromatic nitrogens is 2. The number of rotatable bonds is 4. The van der Waals surface area contributed by atoms with E-state index in [1.54, 1.807) is 0 Å². The predicted molar refractivity (Wildman–Crippen MR) is 82.1 cm³/mol. The molecule has 1 aromatic carbocycles. The Morgan fingerprint density at radius 3 is 2.83 bits per heavy atom. The lowest BCUT2D eigenvalue weighted by atomic mass is 10.2. The molecule has 0 saturated heterocycles. The van der Waals surface area contributed by atoms with Crippen molar-refractivity contribution in [3.63, 3.8) is 0 Å². The van der Waals surface area contributed by atoms with E-state index in [1.165, 1.54) is 18.2 Å². The highest BCUT2D eigenvalue weighted by Gasteiger charge is 2.11. The molecule has 0 fully saturated rings. The number of aromatic amines is 2. The minimum atomic E-state index is -0.718. The van der Waals surface area contributed by atoms with Gasteiger partial charge in [-0.1, -0.05) is 6.07 Å². The number of nitrogens with zero attached hydrogens (tertiary/aromatic N) is 2. The molecule has 10 nitrogen and oxygen atoms in total. The molecule has 0 atom stereocenters. The minimum absolute atomic E-state index is 0.0157. The number of carbonyl (C=O) groups is 1. The average molecular weight is 335 g/mol. The quantitative estimate of drug-likeness (QED) is 0.280. The van der Waals surface area contributed by atoms with Gasteiger partial charge in [-0.2, -0.15) is 5.10 Å². The first kappa shape index (κ1) is 16.0. The number of aromatic hydroxyl groups is 1. The topological polar surface area (TPSA) is 153 Å². The highest BCUT2D eigenvalue weighted by Crippen LogP contribution is 2.12. The third-order valence-corrected chi connectivity index (χ3v) is 2.84. The summed E-state index contributed by atoms with van der Waals surface area (Å²) in [5.41, 5.74) is 0.925. The molecule has 4 N–H and O–H groups in total. The van der Waals surface area contributed by atoms with Crippen LogP contribution < -0.4 is 11.0 Å². The average Bonchev–Trinajstić information content (AvgIpc) is 2.49. The van der Waals surface area contributed by atoms with Crippen LogP contribution in [-0.4, -0.2) is 32.1 Å². The molecule has 11 heteroatoms. The molecule has 0 saturated carbocycles. The minimum Gasteiger partial charge on any atom is -0.494 e. The summed E-state index contributed by atoms with van der Waals surface area (Å²) >= 11 is 4.66. The van der Waals surface area contributed by atoms with Crippen LogP contribution in [0.15, 0.2) is 34.2 Å². The smallest absolute Gasteiger partial charge is 0.271 e. The molecule has 0 unspecified atom stereocenters. The Bertz CT molecular complexity index is 917. The molecule has 0 spiro atoms. The van der Waals surface area contributed by atoms with Crippen molar-refractivity contribution in [1.82, 2.24) is 15.4 Å². The zero-order valence-electron chi connectivity index (χ0n) is 11.3. The maximum Gasteiger partial charge on any atom is 0.271 e. The van der Waals surface area contributed by atoms with Crippen LogP contribution in [-0.2, 0) is 0 Å². The normalized spacial score (nSPS) is 10.6. The van der Waals surface area contributed by atoms with Crippen LogP contribution in [0.5, 0.6) is 5.88 Å². The zero-order chi connectivity index (χ0) is 17.0. The first-order valence-corrected chi connectivity index (χ1v) is 6.42. The molecular formula is C12H9N5O5S. The van der Waals surface area contributed by atoms with Gasteiger partial charge in [-0.05, 0) is 18.3 Å². The van der Waals surface area contributed by atoms with Gasteiger partial charge in [-0.15, -0.1) is 0 Å². The fraction of sp³-hybridized carbons (Fsp3) is 0. The monoisotopic (exact) mass is 335 g/mol. The molecule has 118 valence electrons. The second-order valence-corrected chi connectivity index (χ2v) is 4.59. The van der Waals surface area contributed by atoms with Crippen molar-refractivity contribution in [2.24, 2.45) is 5.10 Å². The van der Waals surface area contributed by atoms with Crippen molar-refractivity contribution in [2.45, 2.75) is 0 Å². The second-order valence-electron chi connectivity index (χ2n) is 4.18. The van der Waals surface area contributed by atoms with Crippen LogP contribution in [0.3, 0.4) is 0 Å². The van der Waals surface area contributed by atoms with E-state index in [4.69, 9.17) is 0 Å². The van der Waals surface area contributed by atoms with E-state index in [0.29, 0.717) is 0 Å². The number of hydrogen-bond acceptors (Lipinski definition) is 7. The lowest BCUT2D eigenvalue weighted by Gasteiger charge is -2.00. The standard InChI is InChI=1S/C12H9N5O5S/c18-9(6-2-1-3-7(4-6)17(21)22)16-13-5-8-10(19)14-12(23)15-11(8)20/h1-5H,(H,16,18)(H3,14,15,19,20,23)/b13-5-. The Kier molecular flexibility index (Phi) is 4.61. The number of benzene rings is 1. The molecule has 1 aromatic heterocycles. The predicted octanol–water partition coefficient (Wildman–Crippen LogP) is 0.810. The zero-order valence-corrected chi connectivity index (χ0v) is 12.1. The summed E-state index contributed by atoms with van der Waals surface area (Å²) in [5.74, 6) is -1.23. The molecule has 23 heavy (non-hydrogen) atoms. The molecule has 1 heterocycles. The number of nitro benzene ring substituents is 1. The van der Waals surface area contributed by atoms with Gasteiger partial charge >= 0.3 is 0 Å². The third kappa shape index (κ3) is 3.85. The number of carbonyl (C=O) groups excluding carboxylic acids is 1. The van der Waals surface area contributed by atoms with Crippen molar-refractivity contribution in [1.29, 1.82) is 0 Å². The lowest BCUT2D eigenvalue weighted by molar-refractivity contribution is -0.384. The molecule has 1 amide bonds. The van der Waals surface area contributed by atoms with Crippen LogP contribution in [0.2, 0.25) is 0 Å². The van der Waals surface area contributed by atoms with Crippen molar-refractivity contribution < 1.29 is 14.8 Å². The number of non-ortho nitro benzene ring substituents is 1. The lowest BCUT2D eigenvalue weighted by Crippen LogP contribution is -2.19. The van der Waals surface area contributed by atoms with Crippen molar-refractivity contribution in [2.75, 3.05) is 0 Å². The van der Waals surface area contributed by atoms with Gasteiger partial charge in [-0.25, -0.2) is 5.43 Å². The van der Waals surface area contributed by atoms with E-state index in [2.05, 4.69) is 32.7 Å². The fourth-order valence-electron chi connectivity index (χ4n) is 1.58. The van der Waals surface area contributed by atoms with E-state index in [1.807, 2.05) is 0 Å². The molecule has 0 bridgehead atoms. The molecule has 0 radical (unpaired) electrons. The van der Waals surface area contributed by atoms with E-state index >= 15 is 0 Å². The first-order chi connectivity index (χ1) is 10.9. The molecular weight excluding hydrogens is 326 g/mol. The molecule has 0 aliphatic carbocycles. The van der Waals surface area contributed by atoms with Crippen LogP contribution >= 0.6 is 12.2 Å². The van der Waals surface area contributed by atoms with E-state index in [9.17, 15) is 24.8 Å². The number of hydrazone groups is 1. The van der Waals surface area contributed by atoms with Crippen LogP contribution in [0.4, 0.5) is 5.69 Å². The summed E-state index contributed by atoms with van der Waals surface area (Å²) in [7, 11) is 0. The fourth-order valence-corrected chi connectivity index (χ4v) is 1.77. The van der Waals surface area contributed by atoms with Gasteiger partial charge in [0.25, 0.3) is 17.2 Å². The van der Waals surface area contributed by atoms with Crippen LogP contribution in [0.1, 0.15) is 15.9 Å². The molecule has 2 rings (SSSR count). The maximum absolute atomic E-state index is 11.8. The SMILES string of the molecule is O=C(N/N=C\c1c(O)[nH]c(=S)[nH]c1=O)c1cccc([N+](=O)[O-])c1. The highest BCUT2D eigenvalue weighted by atomic mass is 32.1. The van der Waals surface area contributed by atoms with Crippen LogP contribution in [0.25, 0.3) is 0 Å². The summed E-state index contributed by atoms with van der Waals surface area (Å²) < 4.78 is -0.0646. The Labute approximate surface area is 132 Å². The van der Waals surface area contributed by atoms with E-state index in [0.717, 1.165) is 12.3 Å². The molecule has 2 aromatic rings. The Morgan fingerprint density at radius 1 is 1.43 bits per heavy atom. The third-order valence-electron chi connectivity index (χ3n) is 2.64. The summed E-state index contributed by atoms with van der Waals surface area (Å²) in [5, 5.41) is 23.7. The summed E-state index contributed by atoms with van der Waals surface area (Å²) in [6.07, 6.45) is 0.911.